The minimum Gasteiger partial charge on any atom is -0.290 e. The summed E-state index contributed by atoms with van der Waals surface area (Å²) < 4.78 is 0. The summed E-state index contributed by atoms with van der Waals surface area (Å²) in [5, 5.41) is 12.2. The molecule has 103 valence electrons. The van der Waals surface area contributed by atoms with Gasteiger partial charge in [0.05, 0.1) is 0 Å². The first-order chi connectivity index (χ1) is 9.34. The smallest absolute Gasteiger partial charge is 0.182 e. The number of hydrogen-bond donors (Lipinski definition) is 0. The van der Waals surface area contributed by atoms with Crippen LogP contribution in [-0.4, -0.2) is 0 Å². The molecule has 2 aliphatic rings. The lowest BCUT2D eigenvalue weighted by molar-refractivity contribution is 0.337. The van der Waals surface area contributed by atoms with E-state index in [9.17, 15) is 5.11 Å². The molecule has 1 aromatic carbocycles. The predicted octanol–water partition coefficient (Wildman–Crippen LogP) is 5.93. The molecule has 3 rings (SSSR count). The molecule has 0 saturated heterocycles. The molecular weight excluding hydrogens is 232 g/mol. The second-order valence-electron chi connectivity index (χ2n) is 6.47. The van der Waals surface area contributed by atoms with Crippen LogP contribution < -0.4 is 0 Å². The third-order valence-electron chi connectivity index (χ3n) is 5.16. The Hall–Kier alpha value is -0.980. The highest BCUT2D eigenvalue weighted by atomic mass is 16.3. The maximum Gasteiger partial charge on any atom is 0.182 e. The van der Waals surface area contributed by atoms with E-state index in [0.29, 0.717) is 5.92 Å². The first kappa shape index (κ1) is 13.0. The van der Waals surface area contributed by atoms with Gasteiger partial charge >= 0.3 is 0 Å². The van der Waals surface area contributed by atoms with Gasteiger partial charge in [0.2, 0.25) is 0 Å². The van der Waals surface area contributed by atoms with Crippen molar-refractivity contribution >= 4 is 0 Å². The van der Waals surface area contributed by atoms with E-state index in [4.69, 9.17) is 0 Å². The molecule has 1 nitrogen and oxygen atoms in total. The van der Waals surface area contributed by atoms with Gasteiger partial charge in [-0.3, -0.25) is 5.11 Å². The van der Waals surface area contributed by atoms with Gasteiger partial charge in [-0.15, -0.1) is 0 Å². The van der Waals surface area contributed by atoms with E-state index < -0.39 is 0 Å². The standard InChI is InChI=1S/C18H25O/c19-18-12-11-16(14-7-3-1-4-8-14)13-17(18)15-9-5-2-6-10-15/h11-15H,1-10H2. The van der Waals surface area contributed by atoms with Crippen molar-refractivity contribution in [1.29, 1.82) is 0 Å². The summed E-state index contributed by atoms with van der Waals surface area (Å²) in [6.45, 7) is 0. The second-order valence-corrected chi connectivity index (χ2v) is 6.47. The Kier molecular flexibility index (Phi) is 4.10. The summed E-state index contributed by atoms with van der Waals surface area (Å²) in [7, 11) is 0. The minimum atomic E-state index is 0.284. The summed E-state index contributed by atoms with van der Waals surface area (Å²) in [6, 6.07) is 6.22. The predicted molar refractivity (Wildman–Crippen MR) is 78.2 cm³/mol. The quantitative estimate of drug-likeness (QED) is 0.626. The van der Waals surface area contributed by atoms with Crippen molar-refractivity contribution in [3.63, 3.8) is 0 Å². The largest absolute Gasteiger partial charge is 0.290 e. The van der Waals surface area contributed by atoms with Crippen molar-refractivity contribution in [2.75, 3.05) is 0 Å². The number of rotatable bonds is 2. The van der Waals surface area contributed by atoms with Gasteiger partial charge in [0.15, 0.2) is 5.75 Å². The zero-order chi connectivity index (χ0) is 13.1. The van der Waals surface area contributed by atoms with Gasteiger partial charge in [0, 0.05) is 5.56 Å². The van der Waals surface area contributed by atoms with Gasteiger partial charge < -0.3 is 0 Å². The highest BCUT2D eigenvalue weighted by Crippen LogP contribution is 2.40. The first-order valence-corrected chi connectivity index (χ1v) is 8.15. The zero-order valence-corrected chi connectivity index (χ0v) is 11.9. The summed E-state index contributed by atoms with van der Waals surface area (Å²) in [6.07, 6.45) is 13.2. The van der Waals surface area contributed by atoms with E-state index in [1.165, 1.54) is 69.8 Å². The molecule has 1 aromatic rings. The fourth-order valence-electron chi connectivity index (χ4n) is 3.99. The first-order valence-electron chi connectivity index (χ1n) is 8.15. The van der Waals surface area contributed by atoms with Crippen molar-refractivity contribution in [3.8, 4) is 5.75 Å². The molecule has 0 unspecified atom stereocenters. The molecule has 1 heteroatoms. The Morgan fingerprint density at radius 1 is 0.737 bits per heavy atom. The topological polar surface area (TPSA) is 19.9 Å². The SMILES string of the molecule is [O]c1ccc(C2CCCCC2)cc1C1CCCCC1. The van der Waals surface area contributed by atoms with Crippen LogP contribution in [0.3, 0.4) is 0 Å². The summed E-state index contributed by atoms with van der Waals surface area (Å²) in [4.78, 5) is 0. The van der Waals surface area contributed by atoms with Crippen LogP contribution in [0.2, 0.25) is 0 Å². The van der Waals surface area contributed by atoms with Gasteiger partial charge in [-0.05, 0) is 49.1 Å². The Balaban J connectivity index is 1.82. The molecule has 0 amide bonds. The summed E-state index contributed by atoms with van der Waals surface area (Å²) >= 11 is 0. The molecular formula is C18H25O. The Bertz CT molecular complexity index is 412. The second kappa shape index (κ2) is 5.98. The number of benzene rings is 1. The monoisotopic (exact) mass is 257 g/mol. The van der Waals surface area contributed by atoms with Gasteiger partial charge in [-0.25, -0.2) is 0 Å². The lowest BCUT2D eigenvalue weighted by Gasteiger charge is -2.25. The molecule has 2 fully saturated rings. The van der Waals surface area contributed by atoms with E-state index >= 15 is 0 Å². The third kappa shape index (κ3) is 2.96. The Labute approximate surface area is 117 Å². The van der Waals surface area contributed by atoms with Crippen molar-refractivity contribution in [2.45, 2.75) is 76.0 Å². The van der Waals surface area contributed by atoms with Crippen LogP contribution in [0.1, 0.15) is 87.2 Å². The molecule has 1 radical (unpaired) electrons. The van der Waals surface area contributed by atoms with Crippen molar-refractivity contribution in [3.05, 3.63) is 29.3 Å². The van der Waals surface area contributed by atoms with E-state index in [1.807, 2.05) is 6.07 Å². The maximum atomic E-state index is 12.2. The Morgan fingerprint density at radius 2 is 1.32 bits per heavy atom. The van der Waals surface area contributed by atoms with Gasteiger partial charge in [-0.2, -0.15) is 0 Å². The molecule has 0 bridgehead atoms. The van der Waals surface area contributed by atoms with Crippen molar-refractivity contribution in [1.82, 2.24) is 0 Å². The summed E-state index contributed by atoms with van der Waals surface area (Å²) in [5.41, 5.74) is 2.57. The molecule has 0 aliphatic heterocycles. The van der Waals surface area contributed by atoms with Gasteiger partial charge in [-0.1, -0.05) is 50.7 Å². The lowest BCUT2D eigenvalue weighted by atomic mass is 9.79. The fraction of sp³-hybridized carbons (Fsp3) is 0.667. The zero-order valence-electron chi connectivity index (χ0n) is 11.9. The highest BCUT2D eigenvalue weighted by molar-refractivity contribution is 5.40. The minimum absolute atomic E-state index is 0.284. The molecule has 0 aromatic heterocycles. The third-order valence-corrected chi connectivity index (χ3v) is 5.16. The molecule has 0 spiro atoms. The molecule has 0 heterocycles. The van der Waals surface area contributed by atoms with Crippen LogP contribution in [0.15, 0.2) is 18.2 Å². The van der Waals surface area contributed by atoms with Crippen LogP contribution in [0.5, 0.6) is 5.75 Å². The molecule has 0 N–H and O–H groups in total. The highest BCUT2D eigenvalue weighted by Gasteiger charge is 2.22. The van der Waals surface area contributed by atoms with Crippen molar-refractivity contribution in [2.24, 2.45) is 0 Å². The van der Waals surface area contributed by atoms with Crippen LogP contribution in [0.4, 0.5) is 0 Å². The van der Waals surface area contributed by atoms with Gasteiger partial charge in [0.1, 0.15) is 0 Å². The van der Waals surface area contributed by atoms with Crippen LogP contribution in [0, 0.1) is 0 Å². The van der Waals surface area contributed by atoms with E-state index in [0.717, 1.165) is 11.5 Å². The van der Waals surface area contributed by atoms with Crippen molar-refractivity contribution < 1.29 is 5.11 Å². The lowest BCUT2D eigenvalue weighted by Crippen LogP contribution is -2.08. The Morgan fingerprint density at radius 3 is 1.95 bits per heavy atom. The summed E-state index contributed by atoms with van der Waals surface area (Å²) in [5.74, 6) is 1.55. The van der Waals surface area contributed by atoms with Crippen LogP contribution in [-0.2, 0) is 5.11 Å². The van der Waals surface area contributed by atoms with Gasteiger partial charge in [0.25, 0.3) is 0 Å². The molecule has 2 saturated carbocycles. The van der Waals surface area contributed by atoms with Crippen LogP contribution in [0.25, 0.3) is 0 Å². The normalized spacial score (nSPS) is 22.5. The molecule has 2 aliphatic carbocycles. The van der Waals surface area contributed by atoms with E-state index in [-0.39, 0.29) is 5.75 Å². The average Bonchev–Trinajstić information content (AvgIpc) is 2.49. The molecule has 0 atom stereocenters. The van der Waals surface area contributed by atoms with Crippen LogP contribution >= 0.6 is 0 Å². The average molecular weight is 257 g/mol. The fourth-order valence-corrected chi connectivity index (χ4v) is 3.99. The number of hydrogen-bond acceptors (Lipinski definition) is 0. The van der Waals surface area contributed by atoms with E-state index in [1.54, 1.807) is 0 Å². The van der Waals surface area contributed by atoms with E-state index in [2.05, 4.69) is 12.1 Å². The molecule has 19 heavy (non-hydrogen) atoms. The maximum absolute atomic E-state index is 12.2.